The fourth-order valence-corrected chi connectivity index (χ4v) is 5.91. The van der Waals surface area contributed by atoms with Gasteiger partial charge in [-0.25, -0.2) is 0 Å². The van der Waals surface area contributed by atoms with E-state index in [0.29, 0.717) is 5.05 Å². The van der Waals surface area contributed by atoms with Gasteiger partial charge in [0.05, 0.1) is 26.1 Å². The number of carbonyl (C=O) groups is 5. The first kappa shape index (κ1) is 80.7. The van der Waals surface area contributed by atoms with Gasteiger partial charge >= 0.3 is 6.18 Å². The quantitative estimate of drug-likeness (QED) is 0.123. The Labute approximate surface area is 491 Å². The van der Waals surface area contributed by atoms with E-state index < -0.39 is 11.7 Å². The maximum absolute atomic E-state index is 12.0. The molecular formula is C54H78Cl2F3N5O6S6. The molecule has 0 spiro atoms. The molecule has 426 valence electrons. The maximum atomic E-state index is 12.0. The van der Waals surface area contributed by atoms with Gasteiger partial charge in [0.15, 0.2) is 37.8 Å². The molecule has 76 heavy (non-hydrogen) atoms. The summed E-state index contributed by atoms with van der Waals surface area (Å²) in [5.41, 5.74) is 1.71. The normalized spacial score (nSPS) is 9.32. The molecule has 1 aromatic heterocycles. The summed E-state index contributed by atoms with van der Waals surface area (Å²) in [5, 5.41) is 5.12. The van der Waals surface area contributed by atoms with Crippen molar-refractivity contribution in [1.29, 1.82) is 0 Å². The van der Waals surface area contributed by atoms with Crippen LogP contribution >= 0.6 is 95.6 Å². The molecule has 4 aromatic rings. The molecule has 0 radical (unpaired) electrons. The number of thiocarbonyl (C=S) groups is 4. The van der Waals surface area contributed by atoms with Crippen molar-refractivity contribution in [3.8, 4) is 5.75 Å². The second-order valence-corrected chi connectivity index (χ2v) is 20.8. The van der Waals surface area contributed by atoms with Crippen LogP contribution in [0, 0.1) is 6.92 Å². The van der Waals surface area contributed by atoms with Gasteiger partial charge < -0.3 is 19.4 Å². The predicted molar refractivity (Wildman–Crippen MR) is 334 cm³/mol. The Morgan fingerprint density at radius 1 is 0.658 bits per heavy atom. The number of hydrogen-bond donors (Lipinski definition) is 0. The van der Waals surface area contributed by atoms with Gasteiger partial charge in [-0.15, -0.1) is 0 Å². The van der Waals surface area contributed by atoms with Gasteiger partial charge in [-0.1, -0.05) is 145 Å². The summed E-state index contributed by atoms with van der Waals surface area (Å²) in [6.07, 6.45) is -2.57. The monoisotopic (exact) mass is 1210 g/mol. The van der Waals surface area contributed by atoms with E-state index in [-0.39, 0.29) is 49.0 Å². The molecular weight excluding hydrogens is 1130 g/mol. The molecule has 22 heteroatoms. The number of nitrogens with zero attached hydrogens (tertiary/aromatic N) is 5. The molecule has 0 atom stereocenters. The zero-order chi connectivity index (χ0) is 60.5. The molecule has 0 aliphatic heterocycles. The number of hydrogen-bond acceptors (Lipinski definition) is 13. The van der Waals surface area contributed by atoms with Crippen LogP contribution in [0.5, 0.6) is 5.75 Å². The highest BCUT2D eigenvalue weighted by Crippen LogP contribution is 2.29. The summed E-state index contributed by atoms with van der Waals surface area (Å²) in [6, 6.07) is 21.2. The third-order valence-electron chi connectivity index (χ3n) is 8.92. The first-order chi connectivity index (χ1) is 35.0. The highest BCUT2D eigenvalue weighted by molar-refractivity contribution is 8.13. The van der Waals surface area contributed by atoms with E-state index in [1.807, 2.05) is 120 Å². The van der Waals surface area contributed by atoms with Crippen molar-refractivity contribution in [3.63, 3.8) is 0 Å². The van der Waals surface area contributed by atoms with Crippen molar-refractivity contribution < 1.29 is 41.9 Å². The van der Waals surface area contributed by atoms with Crippen molar-refractivity contribution in [2.45, 2.75) is 103 Å². The van der Waals surface area contributed by atoms with Gasteiger partial charge in [0.1, 0.15) is 10.9 Å². The van der Waals surface area contributed by atoms with Gasteiger partial charge in [-0.3, -0.25) is 28.7 Å². The summed E-state index contributed by atoms with van der Waals surface area (Å²) < 4.78 is 42.6. The topological polar surface area (TPSA) is 122 Å². The van der Waals surface area contributed by atoms with Crippen LogP contribution in [0.1, 0.15) is 132 Å². The number of thioether (sulfide) groups is 2. The minimum absolute atomic E-state index is 0.137. The Morgan fingerprint density at radius 2 is 1.11 bits per heavy atom. The predicted octanol–water partition coefficient (Wildman–Crippen LogP) is 15.5. The highest BCUT2D eigenvalue weighted by Gasteiger charge is 2.30. The second-order valence-electron chi connectivity index (χ2n) is 15.3. The molecule has 0 unspecified atom stereocenters. The number of ether oxygens (including phenoxy) is 1. The Balaban J connectivity index is -0.000000253. The van der Waals surface area contributed by atoms with Crippen LogP contribution in [0.15, 0.2) is 78.9 Å². The van der Waals surface area contributed by atoms with Crippen LogP contribution in [0.2, 0.25) is 10.3 Å². The van der Waals surface area contributed by atoms with E-state index in [2.05, 4.69) is 30.8 Å². The Morgan fingerprint density at radius 3 is 1.30 bits per heavy atom. The van der Waals surface area contributed by atoms with Gasteiger partial charge in [0, 0.05) is 79.7 Å². The molecule has 0 aliphatic carbocycles. The third-order valence-corrected chi connectivity index (χ3v) is 11.9. The number of halogens is 5. The lowest BCUT2D eigenvalue weighted by atomic mass is 10.1. The molecule has 0 aliphatic rings. The average molecular weight is 1210 g/mol. The average Bonchev–Trinajstić information content (AvgIpc) is 3.59. The number of ketones is 3. The number of aromatic nitrogens is 2. The van der Waals surface area contributed by atoms with E-state index in [0.717, 1.165) is 69.4 Å². The van der Waals surface area contributed by atoms with Gasteiger partial charge in [-0.2, -0.15) is 18.3 Å². The lowest BCUT2D eigenvalue weighted by Gasteiger charge is -2.17. The zero-order valence-corrected chi connectivity index (χ0v) is 53.8. The molecule has 0 fully saturated rings. The number of alkyl halides is 3. The van der Waals surface area contributed by atoms with E-state index in [1.165, 1.54) is 54.2 Å². The lowest BCUT2D eigenvalue weighted by molar-refractivity contribution is -0.137. The fraction of sp³-hybridized carbons (Fsp3) is 0.444. The zero-order valence-electron chi connectivity index (χ0n) is 47.4. The Kier molecular flexibility index (Phi) is 49.8. The van der Waals surface area contributed by atoms with Crippen molar-refractivity contribution in [1.82, 2.24) is 24.5 Å². The Hall–Kier alpha value is -4.15. The summed E-state index contributed by atoms with van der Waals surface area (Å²) >= 11 is 33.2. The van der Waals surface area contributed by atoms with Crippen LogP contribution in [-0.4, -0.2) is 125 Å². The molecule has 1 heterocycles. The van der Waals surface area contributed by atoms with E-state index >= 15 is 0 Å². The fourth-order valence-electron chi connectivity index (χ4n) is 4.37. The van der Waals surface area contributed by atoms with Gasteiger partial charge in [-0.05, 0) is 123 Å². The summed E-state index contributed by atoms with van der Waals surface area (Å²) in [5.74, 6) is 1.42. The number of rotatable bonds is 8. The van der Waals surface area contributed by atoms with Gasteiger partial charge in [0.25, 0.3) is 0 Å². The van der Waals surface area contributed by atoms with E-state index in [1.54, 1.807) is 41.0 Å². The number of Topliss-reactive ketones (excluding diaryl/α,β-unsaturated/α-hetero) is 3. The number of para-hydroxylation sites is 1. The molecule has 0 bridgehead atoms. The van der Waals surface area contributed by atoms with Crippen molar-refractivity contribution in [2.75, 3.05) is 52.8 Å². The van der Waals surface area contributed by atoms with Crippen LogP contribution in [0.25, 0.3) is 0 Å². The summed E-state index contributed by atoms with van der Waals surface area (Å²) in [4.78, 5) is 61.2. The standard InChI is InChI=1S/C9H7F3O.C9H10O.C8H8OS.C6H6Cl2N2O.C6H13NS.C5H11NS.C4H9NS.C4H8OS.C3H6OS/c1-6(13)7-2-4-8(5-3-7)9(10,11)12;1-7-5-3-4-6-9(7)8(2)10;1-7(10)9-8-5-3-2-4-6-8;1-3(11)4-5(7)9-10(2)6(4)8;1-4-7(5-2)6(3)8;1-4-6(3)5(2)7;1-4(6)5(2)3;1-3-6-4(2)5;1-3(4)5-2/h2-5H,1H3;3-6H,1-2H3;2-6H,1H3;1-2H3;4-5H2,1-3H3;4H2,1-3H3;1-3H3;3H2,1-2H3;1-2H3. The van der Waals surface area contributed by atoms with Crippen LogP contribution in [0.3, 0.4) is 0 Å². The smallest absolute Gasteiger partial charge is 0.416 e. The summed E-state index contributed by atoms with van der Waals surface area (Å²) in [6.45, 7) is 28.2. The highest BCUT2D eigenvalue weighted by atomic mass is 35.5. The molecule has 0 amide bonds. The van der Waals surface area contributed by atoms with Crippen LogP contribution in [-0.2, 0) is 22.8 Å². The number of carbonyl (C=O) groups excluding carboxylic acids is 5. The minimum Gasteiger partial charge on any atom is -0.451 e. The number of benzene rings is 3. The van der Waals surface area contributed by atoms with E-state index in [4.69, 9.17) is 76.8 Å². The molecule has 4 rings (SSSR count). The van der Waals surface area contributed by atoms with Gasteiger partial charge in [0.2, 0.25) is 0 Å². The minimum atomic E-state index is -4.34. The van der Waals surface area contributed by atoms with E-state index in [9.17, 15) is 37.1 Å². The Bertz CT molecular complexity index is 2370. The first-order valence-corrected chi connectivity index (χ1v) is 27.8. The molecule has 0 saturated heterocycles. The second kappa shape index (κ2) is 46.9. The van der Waals surface area contributed by atoms with Crippen molar-refractivity contribution in [2.24, 2.45) is 7.05 Å². The van der Waals surface area contributed by atoms with Crippen LogP contribution in [0.4, 0.5) is 13.2 Å². The first-order valence-electron chi connectivity index (χ1n) is 23.2. The molecule has 3 aromatic carbocycles. The van der Waals surface area contributed by atoms with Crippen molar-refractivity contribution >= 4 is 143 Å². The van der Waals surface area contributed by atoms with Crippen LogP contribution < -0.4 is 4.74 Å². The number of aryl methyl sites for hydroxylation is 2. The van der Waals surface area contributed by atoms with Crippen molar-refractivity contribution in [3.05, 3.63) is 117 Å². The lowest BCUT2D eigenvalue weighted by Crippen LogP contribution is -2.26. The molecule has 11 nitrogen and oxygen atoms in total. The largest absolute Gasteiger partial charge is 0.451 e. The third kappa shape index (κ3) is 44.9. The molecule has 0 saturated carbocycles. The SMILES string of the molecule is CC(=O)c1c(Cl)nn(C)c1Cl.CC(=O)c1ccc(C(F)(F)F)cc1.CC(=O)c1ccccc1C.CC(=S)N(C)C.CC(=S)Oc1ccccc1.CCN(C)C(C)=S.CCN(CC)C(C)=S.CCSC(C)=O.CSC(C)=O. The maximum Gasteiger partial charge on any atom is 0.416 e. The molecule has 0 N–H and O–H groups in total. The summed E-state index contributed by atoms with van der Waals surface area (Å²) in [7, 11) is 7.48.